The normalized spacial score (nSPS) is 29.9. The first-order valence-electron chi connectivity index (χ1n) is 12.4. The number of carbonyl (C=O) groups excluding carboxylic acids is 1. The Morgan fingerprint density at radius 2 is 1.97 bits per heavy atom. The van der Waals surface area contributed by atoms with Gasteiger partial charge in [0.2, 0.25) is 0 Å². The number of fused-ring (bicyclic) bond motifs is 4. The summed E-state index contributed by atoms with van der Waals surface area (Å²) >= 11 is 6.12. The fraction of sp³-hybridized carbons (Fsp3) is 0.536. The first kappa shape index (κ1) is 24.3. The van der Waals surface area contributed by atoms with E-state index in [1.54, 1.807) is 6.07 Å². The molecule has 5 rings (SSSR count). The lowest BCUT2D eigenvalue weighted by Gasteiger charge is -2.54. The first-order chi connectivity index (χ1) is 16.5. The van der Waals surface area contributed by atoms with Crippen LogP contribution in [0.15, 0.2) is 42.5 Å². The summed E-state index contributed by atoms with van der Waals surface area (Å²) in [5.41, 5.74) is 0.873. The number of likely N-dealkylation sites (tertiary alicyclic amines) is 1. The molecule has 0 bridgehead atoms. The zero-order chi connectivity index (χ0) is 25.0. The third-order valence-corrected chi connectivity index (χ3v) is 7.73. The molecule has 0 aromatic heterocycles. The maximum atomic E-state index is 12.8. The molecular formula is C28H34ClNO5. The number of para-hydroxylation sites is 1. The number of phenols is 1. The lowest BCUT2D eigenvalue weighted by Crippen LogP contribution is -2.57. The predicted molar refractivity (Wildman–Crippen MR) is 134 cm³/mol. The zero-order valence-corrected chi connectivity index (χ0v) is 21.5. The monoisotopic (exact) mass is 499 g/mol. The second-order valence-electron chi connectivity index (χ2n) is 11.3. The molecule has 6 nitrogen and oxygen atoms in total. The highest BCUT2D eigenvalue weighted by molar-refractivity contribution is 6.30. The molecule has 2 fully saturated rings. The van der Waals surface area contributed by atoms with E-state index in [0.717, 1.165) is 24.0 Å². The van der Waals surface area contributed by atoms with Crippen LogP contribution in [-0.2, 0) is 15.9 Å². The van der Waals surface area contributed by atoms with Crippen molar-refractivity contribution < 1.29 is 24.1 Å². The van der Waals surface area contributed by atoms with Gasteiger partial charge in [0.15, 0.2) is 11.5 Å². The van der Waals surface area contributed by atoms with E-state index in [0.29, 0.717) is 30.3 Å². The molecule has 3 heterocycles. The van der Waals surface area contributed by atoms with Crippen molar-refractivity contribution >= 4 is 17.7 Å². The minimum absolute atomic E-state index is 0.0445. The maximum Gasteiger partial charge on any atom is 0.410 e. The number of rotatable bonds is 2. The number of benzene rings is 2. The van der Waals surface area contributed by atoms with Crippen LogP contribution in [0.3, 0.4) is 0 Å². The van der Waals surface area contributed by atoms with Crippen molar-refractivity contribution in [1.82, 2.24) is 4.90 Å². The van der Waals surface area contributed by atoms with Gasteiger partial charge in [0, 0.05) is 41.9 Å². The van der Waals surface area contributed by atoms with E-state index in [4.69, 9.17) is 25.8 Å². The molecule has 1 N–H and O–H groups in total. The van der Waals surface area contributed by atoms with Crippen LogP contribution in [0.4, 0.5) is 4.79 Å². The molecule has 3 aliphatic heterocycles. The summed E-state index contributed by atoms with van der Waals surface area (Å²) in [7, 11) is 0. The fourth-order valence-corrected chi connectivity index (χ4v) is 5.99. The number of aromatic hydroxyl groups is 1. The number of nitrogens with zero attached hydrogens (tertiary/aromatic N) is 1. The largest absolute Gasteiger partial charge is 0.504 e. The quantitative estimate of drug-likeness (QED) is 0.537. The Morgan fingerprint density at radius 1 is 1.23 bits per heavy atom. The Hall–Kier alpha value is -2.44. The molecule has 3 aliphatic rings. The molecule has 5 atom stereocenters. The molecule has 35 heavy (non-hydrogen) atoms. The van der Waals surface area contributed by atoms with Gasteiger partial charge in [-0.1, -0.05) is 35.9 Å². The topological polar surface area (TPSA) is 68.2 Å². The summed E-state index contributed by atoms with van der Waals surface area (Å²) in [5.74, 6) is 0.875. The highest BCUT2D eigenvalue weighted by atomic mass is 35.5. The maximum absolute atomic E-state index is 12.8. The highest BCUT2D eigenvalue weighted by Crippen LogP contribution is 2.55. The zero-order valence-electron chi connectivity index (χ0n) is 20.8. The average Bonchev–Trinajstić information content (AvgIpc) is 2.79. The van der Waals surface area contributed by atoms with Gasteiger partial charge in [-0.3, -0.25) is 0 Å². The van der Waals surface area contributed by atoms with Crippen molar-refractivity contribution in [2.45, 2.75) is 70.4 Å². The van der Waals surface area contributed by atoms with Crippen LogP contribution in [0.1, 0.15) is 57.8 Å². The van der Waals surface area contributed by atoms with E-state index in [9.17, 15) is 9.90 Å². The highest BCUT2D eigenvalue weighted by Gasteiger charge is 2.54. The number of ether oxygens (including phenoxy) is 3. The van der Waals surface area contributed by atoms with E-state index < -0.39 is 11.2 Å². The summed E-state index contributed by atoms with van der Waals surface area (Å²) in [5, 5.41) is 11.3. The molecular weight excluding hydrogens is 466 g/mol. The van der Waals surface area contributed by atoms with Gasteiger partial charge in [-0.05, 0) is 64.3 Å². The minimum atomic E-state index is -0.608. The number of hydrogen-bond donors (Lipinski definition) is 1. The Balaban J connectivity index is 1.44. The lowest BCUT2D eigenvalue weighted by atomic mass is 9.68. The number of hydrogen-bond acceptors (Lipinski definition) is 5. The molecule has 0 aliphatic carbocycles. The summed E-state index contributed by atoms with van der Waals surface area (Å²) in [6.07, 6.45) is 1.86. The smallest absolute Gasteiger partial charge is 0.410 e. The number of carbonyl (C=O) groups is 1. The third-order valence-electron chi connectivity index (χ3n) is 7.48. The molecule has 7 heteroatoms. The fourth-order valence-electron chi connectivity index (χ4n) is 5.86. The Kier molecular flexibility index (Phi) is 6.17. The van der Waals surface area contributed by atoms with Crippen LogP contribution < -0.4 is 4.74 Å². The van der Waals surface area contributed by atoms with Crippen LogP contribution in [0.2, 0.25) is 5.02 Å². The Morgan fingerprint density at radius 3 is 2.69 bits per heavy atom. The van der Waals surface area contributed by atoms with Crippen LogP contribution in [0.5, 0.6) is 11.5 Å². The second kappa shape index (κ2) is 8.90. The van der Waals surface area contributed by atoms with Crippen molar-refractivity contribution in [2.75, 3.05) is 13.1 Å². The van der Waals surface area contributed by atoms with Gasteiger partial charge in [-0.15, -0.1) is 0 Å². The van der Waals surface area contributed by atoms with E-state index >= 15 is 0 Å². The Bertz CT molecular complexity index is 1100. The molecule has 2 aromatic carbocycles. The Labute approximate surface area is 212 Å². The number of piperidine rings is 1. The van der Waals surface area contributed by atoms with Crippen molar-refractivity contribution in [1.29, 1.82) is 0 Å². The van der Waals surface area contributed by atoms with Crippen molar-refractivity contribution in [3.63, 3.8) is 0 Å². The van der Waals surface area contributed by atoms with Gasteiger partial charge in [0.05, 0.1) is 12.2 Å². The van der Waals surface area contributed by atoms with Crippen LogP contribution in [0.25, 0.3) is 0 Å². The number of amides is 1. The molecule has 0 saturated carbocycles. The lowest BCUT2D eigenvalue weighted by molar-refractivity contribution is -0.189. The van der Waals surface area contributed by atoms with Gasteiger partial charge < -0.3 is 24.2 Å². The number of halogens is 1. The van der Waals surface area contributed by atoms with Gasteiger partial charge in [-0.2, -0.15) is 0 Å². The summed E-state index contributed by atoms with van der Waals surface area (Å²) in [6, 6.07) is 13.3. The van der Waals surface area contributed by atoms with Gasteiger partial charge in [0.25, 0.3) is 0 Å². The predicted octanol–water partition coefficient (Wildman–Crippen LogP) is 6.14. The van der Waals surface area contributed by atoms with Crippen molar-refractivity contribution in [2.24, 2.45) is 11.8 Å². The van der Waals surface area contributed by atoms with Crippen LogP contribution >= 0.6 is 11.6 Å². The van der Waals surface area contributed by atoms with E-state index in [1.807, 2.05) is 62.1 Å². The van der Waals surface area contributed by atoms with E-state index in [2.05, 4.69) is 6.92 Å². The van der Waals surface area contributed by atoms with Gasteiger partial charge in [0.1, 0.15) is 11.2 Å². The standard InChI is InChI=1S/C28H34ClNO5/c1-27(2,3)35-26(32)30-13-12-23-18(16-30)14-21-24(33-23)20-6-5-7-22(31)25(20)34-28(21,4)15-17-8-10-19(29)11-9-17/h5-11,18,21,23-24,31H,12-16H2,1-4H3/t18-,21+,23+,24-,28-/m1/s1. The molecule has 1 amide bonds. The summed E-state index contributed by atoms with van der Waals surface area (Å²) < 4.78 is 19.0. The third kappa shape index (κ3) is 4.83. The minimum Gasteiger partial charge on any atom is -0.504 e. The molecule has 2 saturated heterocycles. The SMILES string of the molecule is CC(C)(C)OC(=O)N1CC[C@@H]2O[C@@H]3c4cccc(O)c4O[C@](C)(Cc4ccc(Cl)cc4)[C@H]3C[C@@H]2C1. The van der Waals surface area contributed by atoms with Crippen LogP contribution in [0, 0.1) is 11.8 Å². The average molecular weight is 500 g/mol. The summed E-state index contributed by atoms with van der Waals surface area (Å²) in [6.45, 7) is 8.99. The van der Waals surface area contributed by atoms with Crippen molar-refractivity contribution in [3.8, 4) is 11.5 Å². The molecule has 2 aromatic rings. The second-order valence-corrected chi connectivity index (χ2v) is 11.8. The molecule has 188 valence electrons. The molecule has 0 unspecified atom stereocenters. The van der Waals surface area contributed by atoms with Crippen molar-refractivity contribution in [3.05, 3.63) is 58.6 Å². The molecule has 0 spiro atoms. The first-order valence-corrected chi connectivity index (χ1v) is 12.8. The van der Waals surface area contributed by atoms with Gasteiger partial charge >= 0.3 is 6.09 Å². The number of phenolic OH excluding ortho intramolecular Hbond substituents is 1. The van der Waals surface area contributed by atoms with Crippen LogP contribution in [-0.4, -0.2) is 46.5 Å². The summed E-state index contributed by atoms with van der Waals surface area (Å²) in [4.78, 5) is 14.6. The molecule has 0 radical (unpaired) electrons. The van der Waals surface area contributed by atoms with Gasteiger partial charge in [-0.25, -0.2) is 4.79 Å². The van der Waals surface area contributed by atoms with E-state index in [1.165, 1.54) is 0 Å². The van der Waals surface area contributed by atoms with E-state index in [-0.39, 0.29) is 35.9 Å².